The van der Waals surface area contributed by atoms with Crippen LogP contribution in [0.2, 0.25) is 0 Å². The van der Waals surface area contributed by atoms with Gasteiger partial charge in [-0.25, -0.2) is 0 Å². The Morgan fingerprint density at radius 2 is 2.36 bits per heavy atom. The maximum Gasteiger partial charge on any atom is 0.323 e. The Bertz CT molecular complexity index is 160. The van der Waals surface area contributed by atoms with Crippen LogP contribution in [-0.4, -0.2) is 46.3 Å². The van der Waals surface area contributed by atoms with Crippen LogP contribution in [0.1, 0.15) is 13.3 Å². The van der Waals surface area contributed by atoms with Crippen molar-refractivity contribution in [1.29, 1.82) is 0 Å². The molecule has 0 spiro atoms. The zero-order valence-corrected chi connectivity index (χ0v) is 6.53. The Morgan fingerprint density at radius 3 is 2.73 bits per heavy atom. The highest BCUT2D eigenvalue weighted by Crippen LogP contribution is 2.17. The Balaban J connectivity index is 2.63. The van der Waals surface area contributed by atoms with Crippen molar-refractivity contribution in [3.63, 3.8) is 0 Å². The summed E-state index contributed by atoms with van der Waals surface area (Å²) >= 11 is 0. The summed E-state index contributed by atoms with van der Waals surface area (Å²) < 4.78 is 0. The van der Waals surface area contributed by atoms with Gasteiger partial charge in [0.2, 0.25) is 0 Å². The lowest BCUT2D eigenvalue weighted by Crippen LogP contribution is -2.41. The van der Waals surface area contributed by atoms with Gasteiger partial charge in [-0.3, -0.25) is 9.69 Å². The van der Waals surface area contributed by atoms with Crippen LogP contribution in [-0.2, 0) is 4.79 Å². The van der Waals surface area contributed by atoms with E-state index in [0.29, 0.717) is 19.5 Å². The Morgan fingerprint density at radius 1 is 1.73 bits per heavy atom. The first kappa shape index (κ1) is 8.49. The van der Waals surface area contributed by atoms with Crippen molar-refractivity contribution in [2.75, 3.05) is 13.1 Å². The molecule has 11 heavy (non-hydrogen) atoms. The fraction of sp³-hybridized carbons (Fsp3) is 0.857. The van der Waals surface area contributed by atoms with E-state index in [4.69, 9.17) is 5.11 Å². The van der Waals surface area contributed by atoms with Crippen molar-refractivity contribution in [1.82, 2.24) is 4.90 Å². The van der Waals surface area contributed by atoms with Crippen LogP contribution in [0.4, 0.5) is 0 Å². The zero-order chi connectivity index (χ0) is 8.43. The van der Waals surface area contributed by atoms with E-state index in [0.717, 1.165) is 0 Å². The Kier molecular flexibility index (Phi) is 2.46. The molecule has 0 aliphatic carbocycles. The highest BCUT2D eigenvalue weighted by Gasteiger charge is 2.37. The van der Waals surface area contributed by atoms with Crippen LogP contribution in [0.5, 0.6) is 0 Å². The number of aliphatic hydroxyl groups is 1. The van der Waals surface area contributed by atoms with E-state index in [1.807, 2.05) is 6.92 Å². The van der Waals surface area contributed by atoms with E-state index >= 15 is 0 Å². The highest BCUT2D eigenvalue weighted by atomic mass is 16.4. The second kappa shape index (κ2) is 3.19. The molecule has 0 aromatic heterocycles. The minimum absolute atomic E-state index is 0.574. The van der Waals surface area contributed by atoms with Gasteiger partial charge in [0.15, 0.2) is 0 Å². The number of hydrogen-bond donors (Lipinski definition) is 2. The zero-order valence-electron chi connectivity index (χ0n) is 6.53. The van der Waals surface area contributed by atoms with Gasteiger partial charge < -0.3 is 10.2 Å². The van der Waals surface area contributed by atoms with Crippen molar-refractivity contribution in [2.45, 2.75) is 25.5 Å². The minimum Gasteiger partial charge on any atom is -0.480 e. The lowest BCUT2D eigenvalue weighted by Gasteiger charge is -2.19. The highest BCUT2D eigenvalue weighted by molar-refractivity contribution is 5.74. The number of carboxylic acids is 1. The molecule has 1 fully saturated rings. The molecule has 0 radical (unpaired) electrons. The van der Waals surface area contributed by atoms with E-state index in [9.17, 15) is 9.90 Å². The molecule has 64 valence electrons. The number of hydrogen-bond acceptors (Lipinski definition) is 3. The monoisotopic (exact) mass is 159 g/mol. The summed E-state index contributed by atoms with van der Waals surface area (Å²) in [5.41, 5.74) is 0. The van der Waals surface area contributed by atoms with Crippen LogP contribution >= 0.6 is 0 Å². The predicted octanol–water partition coefficient (Wildman–Crippen LogP) is -0.474. The smallest absolute Gasteiger partial charge is 0.323 e. The molecule has 0 aromatic carbocycles. The molecular weight excluding hydrogens is 146 g/mol. The van der Waals surface area contributed by atoms with Crippen molar-refractivity contribution < 1.29 is 15.0 Å². The topological polar surface area (TPSA) is 60.8 Å². The largest absolute Gasteiger partial charge is 0.480 e. The van der Waals surface area contributed by atoms with Gasteiger partial charge in [0.1, 0.15) is 6.04 Å². The Hall–Kier alpha value is -0.610. The second-order valence-electron chi connectivity index (χ2n) is 2.77. The number of likely N-dealkylation sites (tertiary alicyclic amines) is 1. The second-order valence-corrected chi connectivity index (χ2v) is 2.77. The number of nitrogens with zero attached hydrogens (tertiary/aromatic N) is 1. The number of aliphatic carboxylic acids is 1. The number of carbonyl (C=O) groups is 1. The van der Waals surface area contributed by atoms with Crippen molar-refractivity contribution in [2.24, 2.45) is 0 Å². The van der Waals surface area contributed by atoms with Gasteiger partial charge in [0.25, 0.3) is 0 Å². The predicted molar refractivity (Wildman–Crippen MR) is 39.3 cm³/mol. The lowest BCUT2D eigenvalue weighted by molar-refractivity contribution is -0.144. The van der Waals surface area contributed by atoms with Gasteiger partial charge in [-0.05, 0) is 13.0 Å². The van der Waals surface area contributed by atoms with Crippen LogP contribution in [0.15, 0.2) is 0 Å². The summed E-state index contributed by atoms with van der Waals surface area (Å²) in [6.07, 6.45) is -0.113. The molecule has 0 aromatic rings. The standard InChI is InChI=1S/C7H13NO3/c1-2-8-4-3-5(9)6(8)7(10)11/h5-6,9H,2-4H2,1H3,(H,10,11). The van der Waals surface area contributed by atoms with Crippen LogP contribution in [0.25, 0.3) is 0 Å². The summed E-state index contributed by atoms with van der Waals surface area (Å²) in [7, 11) is 0. The van der Waals surface area contributed by atoms with Crippen LogP contribution < -0.4 is 0 Å². The first-order chi connectivity index (χ1) is 5.16. The summed E-state index contributed by atoms with van der Waals surface area (Å²) in [5, 5.41) is 17.9. The van der Waals surface area contributed by atoms with Crippen molar-refractivity contribution >= 4 is 5.97 Å². The first-order valence-corrected chi connectivity index (χ1v) is 3.81. The van der Waals surface area contributed by atoms with E-state index < -0.39 is 18.1 Å². The number of aliphatic hydroxyl groups excluding tert-OH is 1. The van der Waals surface area contributed by atoms with Crippen molar-refractivity contribution in [3.05, 3.63) is 0 Å². The fourth-order valence-corrected chi connectivity index (χ4v) is 1.51. The van der Waals surface area contributed by atoms with Gasteiger partial charge in [-0.15, -0.1) is 0 Å². The average molecular weight is 159 g/mol. The van der Waals surface area contributed by atoms with E-state index in [1.165, 1.54) is 0 Å². The third kappa shape index (κ3) is 1.52. The SMILES string of the molecule is CCN1CCC(O)C1C(=O)O. The molecule has 2 unspecified atom stereocenters. The maximum absolute atomic E-state index is 10.6. The first-order valence-electron chi connectivity index (χ1n) is 3.81. The van der Waals surface area contributed by atoms with Gasteiger partial charge in [-0.2, -0.15) is 0 Å². The van der Waals surface area contributed by atoms with Crippen LogP contribution in [0.3, 0.4) is 0 Å². The van der Waals surface area contributed by atoms with Gasteiger partial charge >= 0.3 is 5.97 Å². The fourth-order valence-electron chi connectivity index (χ4n) is 1.51. The molecule has 1 heterocycles. The van der Waals surface area contributed by atoms with E-state index in [2.05, 4.69) is 0 Å². The molecule has 1 saturated heterocycles. The van der Waals surface area contributed by atoms with Gasteiger partial charge in [0, 0.05) is 6.54 Å². The summed E-state index contributed by atoms with van der Waals surface area (Å²) in [5.74, 6) is -0.920. The molecule has 0 amide bonds. The molecule has 0 bridgehead atoms. The molecular formula is C7H13NO3. The van der Waals surface area contributed by atoms with E-state index in [-0.39, 0.29) is 0 Å². The third-order valence-corrected chi connectivity index (χ3v) is 2.13. The summed E-state index contributed by atoms with van der Waals surface area (Å²) in [6.45, 7) is 3.27. The van der Waals surface area contributed by atoms with Crippen molar-refractivity contribution in [3.8, 4) is 0 Å². The molecule has 1 rings (SSSR count). The molecule has 1 aliphatic heterocycles. The number of likely N-dealkylation sites (N-methyl/N-ethyl adjacent to an activating group) is 1. The van der Waals surface area contributed by atoms with Gasteiger partial charge in [-0.1, -0.05) is 6.92 Å². The lowest BCUT2D eigenvalue weighted by atomic mass is 10.2. The molecule has 1 aliphatic rings. The molecule has 2 N–H and O–H groups in total. The number of carboxylic acid groups (broad SMARTS) is 1. The number of rotatable bonds is 2. The molecule has 4 nitrogen and oxygen atoms in total. The molecule has 2 atom stereocenters. The quantitative estimate of drug-likeness (QED) is 0.571. The minimum atomic E-state index is -0.920. The third-order valence-electron chi connectivity index (χ3n) is 2.13. The van der Waals surface area contributed by atoms with Gasteiger partial charge in [0.05, 0.1) is 6.10 Å². The summed E-state index contributed by atoms with van der Waals surface area (Å²) in [4.78, 5) is 12.4. The summed E-state index contributed by atoms with van der Waals surface area (Å²) in [6, 6.07) is -0.681. The molecule has 0 saturated carbocycles. The Labute approximate surface area is 65.4 Å². The van der Waals surface area contributed by atoms with Crippen LogP contribution in [0, 0.1) is 0 Å². The maximum atomic E-state index is 10.6. The van der Waals surface area contributed by atoms with E-state index in [1.54, 1.807) is 4.90 Å². The normalized spacial score (nSPS) is 32.5. The molecule has 4 heteroatoms. The average Bonchev–Trinajstić information content (AvgIpc) is 2.30.